The third-order valence-corrected chi connectivity index (χ3v) is 4.70. The molecule has 1 aromatic rings. The van der Waals surface area contributed by atoms with Gasteiger partial charge in [0.15, 0.2) is 0 Å². The van der Waals surface area contributed by atoms with Gasteiger partial charge in [0, 0.05) is 12.1 Å². The number of rotatable bonds is 3. The number of hydrogen-bond donors (Lipinski definition) is 1. The van der Waals surface area contributed by atoms with Gasteiger partial charge in [-0.3, -0.25) is 0 Å². The van der Waals surface area contributed by atoms with E-state index in [9.17, 15) is 0 Å². The Kier molecular flexibility index (Phi) is 3.70. The minimum atomic E-state index is 0.461. The van der Waals surface area contributed by atoms with E-state index in [2.05, 4.69) is 42.9 Å². The predicted molar refractivity (Wildman–Crippen MR) is 71.9 cm³/mol. The van der Waals surface area contributed by atoms with Crippen LogP contribution in [0.15, 0.2) is 16.8 Å². The van der Waals surface area contributed by atoms with E-state index in [1.807, 2.05) is 0 Å². The molecule has 0 spiro atoms. The van der Waals surface area contributed by atoms with Gasteiger partial charge in [0.1, 0.15) is 0 Å². The molecule has 1 fully saturated rings. The molecule has 2 heteroatoms. The fourth-order valence-corrected chi connectivity index (χ4v) is 3.48. The maximum absolute atomic E-state index is 3.82. The summed E-state index contributed by atoms with van der Waals surface area (Å²) in [5.74, 6) is 0. The van der Waals surface area contributed by atoms with Gasteiger partial charge in [-0.2, -0.15) is 11.3 Å². The van der Waals surface area contributed by atoms with E-state index in [-0.39, 0.29) is 0 Å². The number of thiophene rings is 1. The summed E-state index contributed by atoms with van der Waals surface area (Å²) in [5, 5.41) is 8.24. The third kappa shape index (κ3) is 2.67. The van der Waals surface area contributed by atoms with Crippen molar-refractivity contribution < 1.29 is 0 Å². The van der Waals surface area contributed by atoms with Crippen molar-refractivity contribution in [1.82, 2.24) is 5.32 Å². The van der Waals surface area contributed by atoms with E-state index in [0.717, 1.165) is 0 Å². The average Bonchev–Trinajstić information content (AvgIpc) is 2.74. The van der Waals surface area contributed by atoms with Crippen molar-refractivity contribution >= 4 is 11.3 Å². The molecule has 90 valence electrons. The first kappa shape index (κ1) is 12.1. The first-order chi connectivity index (χ1) is 7.59. The lowest BCUT2D eigenvalue weighted by molar-refractivity contribution is 0.158. The summed E-state index contributed by atoms with van der Waals surface area (Å²) in [7, 11) is 0. The summed E-state index contributed by atoms with van der Waals surface area (Å²) in [6, 6.07) is 3.41. The molecule has 16 heavy (non-hydrogen) atoms. The van der Waals surface area contributed by atoms with Gasteiger partial charge in [0.25, 0.3) is 0 Å². The highest BCUT2D eigenvalue weighted by atomic mass is 32.1. The Hall–Kier alpha value is -0.340. The van der Waals surface area contributed by atoms with Gasteiger partial charge >= 0.3 is 0 Å². The van der Waals surface area contributed by atoms with Crippen molar-refractivity contribution in [1.29, 1.82) is 0 Å². The summed E-state index contributed by atoms with van der Waals surface area (Å²) < 4.78 is 0. The lowest BCUT2D eigenvalue weighted by Crippen LogP contribution is -2.45. The van der Waals surface area contributed by atoms with Crippen LogP contribution < -0.4 is 5.32 Å². The minimum Gasteiger partial charge on any atom is -0.307 e. The van der Waals surface area contributed by atoms with Crippen LogP contribution in [0, 0.1) is 5.41 Å². The Morgan fingerprint density at radius 1 is 1.44 bits per heavy atom. The SMILES string of the molecule is CC(NC1CCCCC1(C)C)c1ccsc1. The van der Waals surface area contributed by atoms with Crippen molar-refractivity contribution in [3.8, 4) is 0 Å². The number of hydrogen-bond acceptors (Lipinski definition) is 2. The van der Waals surface area contributed by atoms with Crippen LogP contribution in [0.25, 0.3) is 0 Å². The van der Waals surface area contributed by atoms with Crippen LogP contribution in [-0.2, 0) is 0 Å². The molecule has 0 amide bonds. The second-order valence-electron chi connectivity index (χ2n) is 5.73. The summed E-state index contributed by atoms with van der Waals surface area (Å²) in [6.07, 6.45) is 5.48. The molecular weight excluding hydrogens is 214 g/mol. The van der Waals surface area contributed by atoms with Crippen molar-refractivity contribution in [3.63, 3.8) is 0 Å². The Bertz CT molecular complexity index is 315. The predicted octanol–water partition coefficient (Wildman–Crippen LogP) is 4.37. The van der Waals surface area contributed by atoms with Crippen LogP contribution in [0.5, 0.6) is 0 Å². The van der Waals surface area contributed by atoms with E-state index in [0.29, 0.717) is 17.5 Å². The fraction of sp³-hybridized carbons (Fsp3) is 0.714. The van der Waals surface area contributed by atoms with E-state index >= 15 is 0 Å². The van der Waals surface area contributed by atoms with Crippen molar-refractivity contribution in [2.24, 2.45) is 5.41 Å². The largest absolute Gasteiger partial charge is 0.307 e. The van der Waals surface area contributed by atoms with Gasteiger partial charge in [-0.15, -0.1) is 0 Å². The smallest absolute Gasteiger partial charge is 0.0302 e. The zero-order valence-electron chi connectivity index (χ0n) is 10.6. The maximum atomic E-state index is 3.82. The molecule has 1 nitrogen and oxygen atoms in total. The molecular formula is C14H23NS. The lowest BCUT2D eigenvalue weighted by atomic mass is 9.73. The lowest BCUT2D eigenvalue weighted by Gasteiger charge is -2.40. The molecule has 1 aliphatic carbocycles. The molecule has 2 atom stereocenters. The molecule has 0 aromatic carbocycles. The second kappa shape index (κ2) is 4.89. The molecule has 2 rings (SSSR count). The summed E-state index contributed by atoms with van der Waals surface area (Å²) in [6.45, 7) is 7.10. The molecule has 2 unspecified atom stereocenters. The molecule has 1 aliphatic rings. The highest BCUT2D eigenvalue weighted by Crippen LogP contribution is 2.36. The summed E-state index contributed by atoms with van der Waals surface area (Å²) in [5.41, 5.74) is 1.90. The van der Waals surface area contributed by atoms with Gasteiger partial charge in [-0.1, -0.05) is 26.7 Å². The van der Waals surface area contributed by atoms with Gasteiger partial charge in [-0.25, -0.2) is 0 Å². The van der Waals surface area contributed by atoms with Gasteiger partial charge in [0.05, 0.1) is 0 Å². The topological polar surface area (TPSA) is 12.0 Å². The second-order valence-corrected chi connectivity index (χ2v) is 6.51. The monoisotopic (exact) mass is 237 g/mol. The Morgan fingerprint density at radius 3 is 2.88 bits per heavy atom. The molecule has 0 saturated heterocycles. The van der Waals surface area contributed by atoms with E-state index in [4.69, 9.17) is 0 Å². The zero-order valence-corrected chi connectivity index (χ0v) is 11.4. The van der Waals surface area contributed by atoms with Crippen LogP contribution >= 0.6 is 11.3 Å². The van der Waals surface area contributed by atoms with Crippen molar-refractivity contribution in [3.05, 3.63) is 22.4 Å². The highest BCUT2D eigenvalue weighted by molar-refractivity contribution is 7.07. The fourth-order valence-electron chi connectivity index (χ4n) is 2.72. The van der Waals surface area contributed by atoms with Crippen molar-refractivity contribution in [2.45, 2.75) is 58.5 Å². The molecule has 1 aromatic heterocycles. The Morgan fingerprint density at radius 2 is 2.25 bits per heavy atom. The van der Waals surface area contributed by atoms with Crippen LogP contribution in [0.3, 0.4) is 0 Å². The quantitative estimate of drug-likeness (QED) is 0.823. The first-order valence-corrected chi connectivity index (χ1v) is 7.32. The van der Waals surface area contributed by atoms with Crippen molar-refractivity contribution in [2.75, 3.05) is 0 Å². The molecule has 1 N–H and O–H groups in total. The van der Waals surface area contributed by atoms with E-state index in [1.165, 1.54) is 31.2 Å². The summed E-state index contributed by atoms with van der Waals surface area (Å²) >= 11 is 1.79. The molecule has 1 saturated carbocycles. The highest BCUT2D eigenvalue weighted by Gasteiger charge is 2.32. The van der Waals surface area contributed by atoms with Gasteiger partial charge < -0.3 is 5.32 Å². The van der Waals surface area contributed by atoms with Gasteiger partial charge in [0.2, 0.25) is 0 Å². The minimum absolute atomic E-state index is 0.461. The van der Waals surface area contributed by atoms with E-state index in [1.54, 1.807) is 11.3 Å². The molecule has 1 heterocycles. The summed E-state index contributed by atoms with van der Waals surface area (Å²) in [4.78, 5) is 0. The zero-order chi connectivity index (χ0) is 11.6. The van der Waals surface area contributed by atoms with Crippen LogP contribution in [0.4, 0.5) is 0 Å². The maximum Gasteiger partial charge on any atom is 0.0302 e. The van der Waals surface area contributed by atoms with Crippen LogP contribution in [0.2, 0.25) is 0 Å². The standard InChI is InChI=1S/C14H23NS/c1-11(12-7-9-16-10-12)15-13-6-4-5-8-14(13,2)3/h7,9-11,13,15H,4-6,8H2,1-3H3. The van der Waals surface area contributed by atoms with Gasteiger partial charge in [-0.05, 0) is 47.6 Å². The Labute approximate surface area is 103 Å². The molecule has 0 aliphatic heterocycles. The first-order valence-electron chi connectivity index (χ1n) is 6.38. The number of nitrogens with one attached hydrogen (secondary N) is 1. The van der Waals surface area contributed by atoms with Crippen LogP contribution in [-0.4, -0.2) is 6.04 Å². The third-order valence-electron chi connectivity index (χ3n) is 4.00. The average molecular weight is 237 g/mol. The molecule has 0 bridgehead atoms. The van der Waals surface area contributed by atoms with E-state index < -0.39 is 0 Å². The normalized spacial score (nSPS) is 26.6. The van der Waals surface area contributed by atoms with Crippen LogP contribution in [0.1, 0.15) is 58.1 Å². The Balaban J connectivity index is 1.98. The molecule has 0 radical (unpaired) electrons.